The van der Waals surface area contributed by atoms with Crippen LogP contribution in [-0.4, -0.2) is 79.8 Å². The molecule has 8 nitrogen and oxygen atoms in total. The average Bonchev–Trinajstić information content (AvgIpc) is 3.95. The second kappa shape index (κ2) is 14.1. The third kappa shape index (κ3) is 6.29. The summed E-state index contributed by atoms with van der Waals surface area (Å²) in [5, 5.41) is 0. The number of likely N-dealkylation sites (N-methyl/N-ethyl adjacent to an activating group) is 4. The Morgan fingerprint density at radius 2 is 1.04 bits per heavy atom. The third-order valence-electron chi connectivity index (χ3n) is 10.6. The van der Waals surface area contributed by atoms with Gasteiger partial charge in [0.15, 0.2) is 0 Å². The van der Waals surface area contributed by atoms with Crippen molar-refractivity contribution < 1.29 is 19.5 Å². The summed E-state index contributed by atoms with van der Waals surface area (Å²) in [6.07, 6.45) is 38.9. The van der Waals surface area contributed by atoms with E-state index in [2.05, 4.69) is 204 Å². The van der Waals surface area contributed by atoms with Crippen LogP contribution >= 0.6 is 0 Å². The van der Waals surface area contributed by atoms with Crippen molar-refractivity contribution in [3.05, 3.63) is 168 Å². The second-order valence-electron chi connectivity index (χ2n) is 14.1. The molecule has 4 unspecified atom stereocenters. The minimum Gasteiger partial charge on any atom is -0.370 e. The van der Waals surface area contributed by atoms with Crippen LogP contribution in [0.4, 0.5) is 0 Å². The first kappa shape index (κ1) is 34.4. The molecule has 0 spiro atoms. The van der Waals surface area contributed by atoms with Gasteiger partial charge < -0.3 is 29.6 Å². The van der Waals surface area contributed by atoms with Crippen LogP contribution in [0.3, 0.4) is 0 Å². The summed E-state index contributed by atoms with van der Waals surface area (Å²) >= 11 is 0. The molecule has 9 rings (SSSR count). The van der Waals surface area contributed by atoms with E-state index < -0.39 is 0 Å². The molecule has 0 fully saturated rings. The Balaban J connectivity index is 0.00000400. The minimum atomic E-state index is -0.0970. The molecule has 53 heavy (non-hydrogen) atoms. The van der Waals surface area contributed by atoms with Crippen LogP contribution < -0.4 is 0 Å². The monoisotopic (exact) mass is 746 g/mol. The number of H-pyrrole nitrogens is 2. The zero-order valence-corrected chi connectivity index (χ0v) is 33.5. The van der Waals surface area contributed by atoms with E-state index >= 15 is 0 Å². The van der Waals surface area contributed by atoms with Gasteiger partial charge in [0.05, 0.1) is 52.5 Å². The van der Waals surface area contributed by atoms with Crippen molar-refractivity contribution >= 4 is 45.4 Å². The van der Waals surface area contributed by atoms with E-state index in [1.54, 1.807) is 0 Å². The zero-order valence-electron chi connectivity index (χ0n) is 30.6. The molecule has 4 atom stereocenters. The second-order valence-corrected chi connectivity index (χ2v) is 14.1. The van der Waals surface area contributed by atoms with E-state index in [-0.39, 0.29) is 43.6 Å². The van der Waals surface area contributed by atoms with Crippen LogP contribution in [0.15, 0.2) is 134 Å². The summed E-state index contributed by atoms with van der Waals surface area (Å²) in [4.78, 5) is 27.5. The maximum Gasteiger partial charge on any atom is 0.0774 e. The number of nitrogens with zero attached hydrogens (tertiary/aromatic N) is 6. The molecule has 6 aliphatic heterocycles. The Morgan fingerprint density at radius 3 is 1.64 bits per heavy atom. The van der Waals surface area contributed by atoms with Gasteiger partial charge in [-0.15, -0.1) is 0 Å². The van der Waals surface area contributed by atoms with Crippen LogP contribution in [0.2, 0.25) is 0 Å². The van der Waals surface area contributed by atoms with Crippen molar-refractivity contribution in [2.45, 2.75) is 24.2 Å². The minimum absolute atomic E-state index is 0. The van der Waals surface area contributed by atoms with E-state index in [0.717, 1.165) is 50.4 Å². The number of hydrogen-bond acceptors (Lipinski definition) is 6. The molecule has 0 aromatic carbocycles. The first-order valence-electron chi connectivity index (χ1n) is 17.9. The fourth-order valence-electron chi connectivity index (χ4n) is 8.04. The van der Waals surface area contributed by atoms with Crippen molar-refractivity contribution in [2.75, 3.05) is 28.2 Å². The number of rotatable bonds is 4. The molecule has 0 amide bonds. The van der Waals surface area contributed by atoms with Gasteiger partial charge in [-0.2, -0.15) is 0 Å². The average molecular weight is 748 g/mol. The van der Waals surface area contributed by atoms with Gasteiger partial charge in [-0.1, -0.05) is 48.6 Å². The topological polar surface area (TPSA) is 70.3 Å². The molecule has 8 bridgehead atoms. The number of aromatic nitrogens is 4. The van der Waals surface area contributed by atoms with Gasteiger partial charge in [0.2, 0.25) is 0 Å². The first-order valence-corrected chi connectivity index (χ1v) is 17.9. The fourth-order valence-corrected chi connectivity index (χ4v) is 8.04. The molecule has 260 valence electrons. The quantitative estimate of drug-likeness (QED) is 0.205. The van der Waals surface area contributed by atoms with Gasteiger partial charge in [0.1, 0.15) is 0 Å². The smallest absolute Gasteiger partial charge is 0.0774 e. The molecular formula is C44H42N8Zn. The van der Waals surface area contributed by atoms with Crippen LogP contribution in [0.1, 0.15) is 46.0 Å². The molecule has 9 heterocycles. The number of allylic oxidation sites excluding steroid dienone is 8. The van der Waals surface area contributed by atoms with E-state index in [1.165, 1.54) is 16.7 Å². The summed E-state index contributed by atoms with van der Waals surface area (Å²) in [6, 6.07) is 12.8. The molecule has 9 heteroatoms. The molecule has 2 N–H and O–H groups in total. The van der Waals surface area contributed by atoms with Crippen LogP contribution in [0.5, 0.6) is 0 Å². The van der Waals surface area contributed by atoms with Gasteiger partial charge in [-0.3, -0.25) is 0 Å². The Bertz CT molecular complexity index is 2430. The van der Waals surface area contributed by atoms with Crippen molar-refractivity contribution in [3.63, 3.8) is 0 Å². The van der Waals surface area contributed by atoms with E-state index in [4.69, 9.17) is 9.97 Å². The zero-order chi connectivity index (χ0) is 35.3. The SMILES string of the molecule is CN1C=CC=CC1C1=C(C2C=CC=CN2C)c2nc1cc1nc(cc3ccc(cc4cc(C5C=CC=CN5C)c([nH]4)c2C2C=CC=CN2C)[nH]3)C=C1.[Zn]. The van der Waals surface area contributed by atoms with Gasteiger partial charge in [-0.05, 0) is 97.7 Å². The van der Waals surface area contributed by atoms with Crippen LogP contribution in [-0.2, 0) is 19.5 Å². The summed E-state index contributed by atoms with van der Waals surface area (Å²) in [7, 11) is 8.61. The molecular weight excluding hydrogens is 706 g/mol. The van der Waals surface area contributed by atoms with E-state index in [9.17, 15) is 0 Å². The Morgan fingerprint density at radius 1 is 0.509 bits per heavy atom. The summed E-state index contributed by atoms with van der Waals surface area (Å²) < 4.78 is 0. The number of nitrogens with one attached hydrogen (secondary N) is 2. The molecule has 3 aromatic heterocycles. The molecule has 0 saturated carbocycles. The molecule has 0 aliphatic carbocycles. The van der Waals surface area contributed by atoms with Gasteiger partial charge in [0, 0.05) is 86.5 Å². The fraction of sp³-hybridized carbons (Fsp3) is 0.182. The normalized spacial score (nSPS) is 22.8. The predicted octanol–water partition coefficient (Wildman–Crippen LogP) is 8.27. The summed E-state index contributed by atoms with van der Waals surface area (Å²) in [5.41, 5.74) is 12.5. The largest absolute Gasteiger partial charge is 0.370 e. The third-order valence-corrected chi connectivity index (χ3v) is 10.6. The Hall–Kier alpha value is -5.66. The number of aromatic amines is 2. The van der Waals surface area contributed by atoms with Gasteiger partial charge in [-0.25, -0.2) is 9.97 Å². The molecule has 0 saturated heterocycles. The maximum atomic E-state index is 5.76. The van der Waals surface area contributed by atoms with Crippen molar-refractivity contribution in [1.82, 2.24) is 39.5 Å². The number of fused-ring (bicyclic) bond motifs is 8. The summed E-state index contributed by atoms with van der Waals surface area (Å²) in [5.74, 6) is 0. The van der Waals surface area contributed by atoms with Gasteiger partial charge in [0.25, 0.3) is 0 Å². The molecule has 3 aromatic rings. The molecule has 6 aliphatic rings. The van der Waals surface area contributed by atoms with Crippen molar-refractivity contribution in [3.8, 4) is 0 Å². The maximum absolute atomic E-state index is 5.76. The Kier molecular flexibility index (Phi) is 9.13. The standard InChI is InChI=1S/C44H42N8.Zn/c1-49-21-9-5-13-36(49)34-27-33-26-31-18-17-29(45-31)25-30-19-20-32(46-30)28-35-40(37-14-6-10-22-50(37)2)41(38-15-7-11-23-51(38)3)44(48-35)42(43(34)47-33)39-16-8-12-24-52(39)4;/h5-28,36-39,45,47H,1-4H3;. The van der Waals surface area contributed by atoms with Crippen molar-refractivity contribution in [1.29, 1.82) is 0 Å². The number of hydrogen-bond donors (Lipinski definition) is 2. The van der Waals surface area contributed by atoms with Crippen LogP contribution in [0, 0.1) is 0 Å². The van der Waals surface area contributed by atoms with Crippen molar-refractivity contribution in [2.24, 2.45) is 0 Å². The van der Waals surface area contributed by atoms with Crippen LogP contribution in [0.25, 0.3) is 45.4 Å². The Labute approximate surface area is 323 Å². The van der Waals surface area contributed by atoms with E-state index in [0.29, 0.717) is 0 Å². The predicted molar refractivity (Wildman–Crippen MR) is 214 cm³/mol. The first-order chi connectivity index (χ1) is 25.4. The van der Waals surface area contributed by atoms with E-state index in [1.807, 2.05) is 0 Å². The summed E-state index contributed by atoms with van der Waals surface area (Å²) in [6.45, 7) is 0. The molecule has 0 radical (unpaired) electrons. The van der Waals surface area contributed by atoms with Gasteiger partial charge >= 0.3 is 0 Å².